The number of benzene rings is 1. The van der Waals surface area contributed by atoms with Crippen LogP contribution in [0.3, 0.4) is 0 Å². The summed E-state index contributed by atoms with van der Waals surface area (Å²) in [5.41, 5.74) is 4.17. The summed E-state index contributed by atoms with van der Waals surface area (Å²) in [6, 6.07) is 11.6. The van der Waals surface area contributed by atoms with Crippen LogP contribution in [0, 0.1) is 6.92 Å². The van der Waals surface area contributed by atoms with Crippen LogP contribution in [0.2, 0.25) is 0 Å². The summed E-state index contributed by atoms with van der Waals surface area (Å²) in [5, 5.41) is 13.5. The zero-order chi connectivity index (χ0) is 19.8. The van der Waals surface area contributed by atoms with Gasteiger partial charge in [0.15, 0.2) is 0 Å². The number of aliphatic hydroxyl groups excluding tert-OH is 1. The second-order valence-electron chi connectivity index (χ2n) is 7.30. The molecule has 0 saturated heterocycles. The summed E-state index contributed by atoms with van der Waals surface area (Å²) in [5.74, 6) is 2.47. The Hall–Kier alpha value is -3.23. The summed E-state index contributed by atoms with van der Waals surface area (Å²) in [7, 11) is 0. The van der Waals surface area contributed by atoms with Crippen LogP contribution < -0.4 is 0 Å². The number of furan rings is 1. The smallest absolute Gasteiger partial charge is 0.244 e. The van der Waals surface area contributed by atoms with E-state index in [4.69, 9.17) is 8.94 Å². The molecule has 4 aromatic rings. The van der Waals surface area contributed by atoms with E-state index in [1.807, 2.05) is 37.3 Å². The Bertz CT molecular complexity index is 1130. The molecule has 0 aliphatic carbocycles. The van der Waals surface area contributed by atoms with Crippen LogP contribution in [-0.2, 0) is 26.1 Å². The first-order valence-electron chi connectivity index (χ1n) is 9.54. The van der Waals surface area contributed by atoms with Gasteiger partial charge in [-0.1, -0.05) is 28.9 Å². The molecule has 1 aliphatic rings. The van der Waals surface area contributed by atoms with E-state index in [2.05, 4.69) is 25.0 Å². The highest BCUT2D eigenvalue weighted by atomic mass is 16.5. The number of fused-ring (bicyclic) bond motifs is 1. The molecule has 1 aromatic carbocycles. The van der Waals surface area contributed by atoms with Gasteiger partial charge in [-0.25, -0.2) is 4.98 Å². The van der Waals surface area contributed by atoms with Crippen molar-refractivity contribution in [3.05, 3.63) is 77.1 Å². The number of hydrogen-bond acceptors (Lipinski definition) is 7. The second kappa shape index (κ2) is 7.31. The van der Waals surface area contributed by atoms with Gasteiger partial charge in [0.2, 0.25) is 11.7 Å². The minimum absolute atomic E-state index is 0.112. The molecule has 8 heteroatoms. The number of aromatic nitrogens is 4. The number of rotatable bonds is 5. The van der Waals surface area contributed by atoms with Crippen LogP contribution in [0.4, 0.5) is 0 Å². The number of imidazole rings is 1. The van der Waals surface area contributed by atoms with Crippen molar-refractivity contribution in [2.45, 2.75) is 39.1 Å². The van der Waals surface area contributed by atoms with Crippen LogP contribution in [-0.4, -0.2) is 30.1 Å². The number of hydrogen-bond donors (Lipinski definition) is 2. The second-order valence-corrected chi connectivity index (χ2v) is 7.30. The lowest BCUT2D eigenvalue weighted by Crippen LogP contribution is -2.34. The lowest BCUT2D eigenvalue weighted by atomic mass is 10.0. The Morgan fingerprint density at radius 2 is 2.14 bits per heavy atom. The quantitative estimate of drug-likeness (QED) is 0.538. The molecule has 0 radical (unpaired) electrons. The first kappa shape index (κ1) is 17.8. The molecule has 4 heterocycles. The van der Waals surface area contributed by atoms with E-state index in [0.717, 1.165) is 28.3 Å². The lowest BCUT2D eigenvalue weighted by Gasteiger charge is -2.31. The molecule has 1 unspecified atom stereocenters. The van der Waals surface area contributed by atoms with E-state index in [0.29, 0.717) is 37.0 Å². The minimum Gasteiger partial charge on any atom is -0.462 e. The molecule has 0 saturated carbocycles. The highest BCUT2D eigenvalue weighted by molar-refractivity contribution is 5.55. The van der Waals surface area contributed by atoms with Crippen molar-refractivity contribution >= 4 is 0 Å². The van der Waals surface area contributed by atoms with Gasteiger partial charge in [-0.05, 0) is 25.1 Å². The van der Waals surface area contributed by atoms with Gasteiger partial charge in [-0.2, -0.15) is 4.98 Å². The SMILES string of the molecule is Cc1cccc(-c2noc(C3Cc4nc[nH]c4CN3Cc3ccc(CO)o3)n2)c1. The van der Waals surface area contributed by atoms with E-state index >= 15 is 0 Å². The van der Waals surface area contributed by atoms with Gasteiger partial charge >= 0.3 is 0 Å². The van der Waals surface area contributed by atoms with E-state index in [1.165, 1.54) is 0 Å². The fourth-order valence-corrected chi connectivity index (χ4v) is 3.76. The molecule has 148 valence electrons. The lowest BCUT2D eigenvalue weighted by molar-refractivity contribution is 0.117. The monoisotopic (exact) mass is 391 g/mol. The highest BCUT2D eigenvalue weighted by Crippen LogP contribution is 2.33. The van der Waals surface area contributed by atoms with Crippen LogP contribution in [0.5, 0.6) is 0 Å². The Balaban J connectivity index is 1.46. The molecule has 5 rings (SSSR count). The molecule has 0 fully saturated rings. The third kappa shape index (κ3) is 3.48. The molecule has 29 heavy (non-hydrogen) atoms. The fourth-order valence-electron chi connectivity index (χ4n) is 3.76. The van der Waals surface area contributed by atoms with E-state index in [1.54, 1.807) is 12.4 Å². The number of nitrogens with one attached hydrogen (secondary N) is 1. The minimum atomic E-state index is -0.113. The van der Waals surface area contributed by atoms with Gasteiger partial charge in [0, 0.05) is 18.5 Å². The number of H-pyrrole nitrogens is 1. The predicted octanol–water partition coefficient (Wildman–Crippen LogP) is 3.15. The standard InChI is InChI=1S/C21H21N5O3/c1-13-3-2-4-14(7-13)20-24-21(29-25-20)19-8-17-18(23-12-22-17)10-26(19)9-15-5-6-16(11-27)28-15/h2-7,12,19,27H,8-11H2,1H3,(H,22,23). The van der Waals surface area contributed by atoms with Crippen molar-refractivity contribution in [2.75, 3.05) is 0 Å². The molecule has 0 amide bonds. The van der Waals surface area contributed by atoms with Crippen LogP contribution in [0.25, 0.3) is 11.4 Å². The molecule has 1 aliphatic heterocycles. The molecule has 0 bridgehead atoms. The summed E-state index contributed by atoms with van der Waals surface area (Å²) < 4.78 is 11.4. The molecular formula is C21H21N5O3. The Morgan fingerprint density at radius 3 is 2.97 bits per heavy atom. The average molecular weight is 391 g/mol. The summed E-state index contributed by atoms with van der Waals surface area (Å²) in [4.78, 5) is 14.6. The Morgan fingerprint density at radius 1 is 1.24 bits per heavy atom. The molecule has 2 N–H and O–H groups in total. The van der Waals surface area contributed by atoms with Crippen LogP contribution in [0.1, 0.15) is 40.4 Å². The molecule has 3 aromatic heterocycles. The summed E-state index contributed by atoms with van der Waals surface area (Å²) in [6.07, 6.45) is 2.38. The maximum Gasteiger partial charge on any atom is 0.244 e. The Labute approximate surface area is 167 Å². The molecular weight excluding hydrogens is 370 g/mol. The van der Waals surface area contributed by atoms with Crippen molar-refractivity contribution in [1.29, 1.82) is 0 Å². The van der Waals surface area contributed by atoms with Crippen LogP contribution >= 0.6 is 0 Å². The van der Waals surface area contributed by atoms with Crippen LogP contribution in [0.15, 0.2) is 51.7 Å². The molecule has 8 nitrogen and oxygen atoms in total. The van der Waals surface area contributed by atoms with Gasteiger partial charge in [0.05, 0.1) is 30.3 Å². The zero-order valence-corrected chi connectivity index (χ0v) is 16.0. The van der Waals surface area contributed by atoms with Crippen molar-refractivity contribution in [3.63, 3.8) is 0 Å². The third-order valence-corrected chi connectivity index (χ3v) is 5.23. The van der Waals surface area contributed by atoms with Gasteiger partial charge in [-0.15, -0.1) is 0 Å². The molecule has 1 atom stereocenters. The zero-order valence-electron chi connectivity index (χ0n) is 16.0. The number of nitrogens with zero attached hydrogens (tertiary/aromatic N) is 4. The number of aliphatic hydroxyl groups is 1. The van der Waals surface area contributed by atoms with Crippen molar-refractivity contribution in [3.8, 4) is 11.4 Å². The number of aryl methyl sites for hydroxylation is 1. The summed E-state index contributed by atoms with van der Waals surface area (Å²) in [6.45, 7) is 3.15. The largest absolute Gasteiger partial charge is 0.462 e. The van der Waals surface area contributed by atoms with E-state index < -0.39 is 0 Å². The van der Waals surface area contributed by atoms with E-state index in [-0.39, 0.29) is 12.6 Å². The maximum absolute atomic E-state index is 9.27. The predicted molar refractivity (Wildman–Crippen MR) is 103 cm³/mol. The first-order valence-corrected chi connectivity index (χ1v) is 9.54. The molecule has 0 spiro atoms. The average Bonchev–Trinajstić information content (AvgIpc) is 3.47. The first-order chi connectivity index (χ1) is 14.2. The van der Waals surface area contributed by atoms with Gasteiger partial charge in [-0.3, -0.25) is 4.90 Å². The topological polar surface area (TPSA) is 104 Å². The highest BCUT2D eigenvalue weighted by Gasteiger charge is 2.33. The van der Waals surface area contributed by atoms with Gasteiger partial charge in [0.1, 0.15) is 18.1 Å². The van der Waals surface area contributed by atoms with Crippen molar-refractivity contribution in [1.82, 2.24) is 25.0 Å². The fraction of sp³-hybridized carbons (Fsp3) is 0.286. The van der Waals surface area contributed by atoms with E-state index in [9.17, 15) is 5.11 Å². The van der Waals surface area contributed by atoms with Gasteiger partial charge < -0.3 is 19.0 Å². The van der Waals surface area contributed by atoms with Crippen molar-refractivity contribution in [2.24, 2.45) is 0 Å². The maximum atomic E-state index is 9.27. The normalized spacial score (nSPS) is 16.8. The van der Waals surface area contributed by atoms with Crippen molar-refractivity contribution < 1.29 is 14.0 Å². The third-order valence-electron chi connectivity index (χ3n) is 5.23. The summed E-state index contributed by atoms with van der Waals surface area (Å²) >= 11 is 0. The van der Waals surface area contributed by atoms with Gasteiger partial charge in [0.25, 0.3) is 0 Å². The Kier molecular flexibility index (Phi) is 4.49. The number of aromatic amines is 1.